The molecule has 0 saturated carbocycles. The molecule has 1 aromatic carbocycles. The SMILES string of the molecule is O=C1CN(C(=O)c2cccc(F)n2)c2ccccc2N1. The molecule has 0 aliphatic carbocycles. The number of halogens is 1. The minimum absolute atomic E-state index is 0.0329. The number of carbonyl (C=O) groups is 2. The van der Waals surface area contributed by atoms with Gasteiger partial charge >= 0.3 is 0 Å². The summed E-state index contributed by atoms with van der Waals surface area (Å²) in [5.74, 6) is -1.54. The molecule has 1 aliphatic heterocycles. The number of nitrogens with zero attached hydrogens (tertiary/aromatic N) is 2. The van der Waals surface area contributed by atoms with E-state index in [0.29, 0.717) is 11.4 Å². The van der Waals surface area contributed by atoms with Gasteiger partial charge in [-0.15, -0.1) is 0 Å². The van der Waals surface area contributed by atoms with E-state index in [1.807, 2.05) is 0 Å². The summed E-state index contributed by atoms with van der Waals surface area (Å²) in [5, 5.41) is 2.68. The number of nitrogens with one attached hydrogen (secondary N) is 1. The minimum Gasteiger partial charge on any atom is -0.323 e. The van der Waals surface area contributed by atoms with Gasteiger partial charge in [0.15, 0.2) is 0 Å². The van der Waals surface area contributed by atoms with Gasteiger partial charge in [0, 0.05) is 0 Å². The molecule has 0 unspecified atom stereocenters. The molecule has 0 atom stereocenters. The fraction of sp³-hybridized carbons (Fsp3) is 0.0714. The number of para-hydroxylation sites is 2. The van der Waals surface area contributed by atoms with Crippen molar-refractivity contribution in [3.8, 4) is 0 Å². The van der Waals surface area contributed by atoms with Gasteiger partial charge in [0.1, 0.15) is 12.2 Å². The number of fused-ring (bicyclic) bond motifs is 1. The summed E-state index contributed by atoms with van der Waals surface area (Å²) in [6.07, 6.45) is 0. The van der Waals surface area contributed by atoms with Crippen molar-refractivity contribution in [3.63, 3.8) is 0 Å². The molecule has 2 aromatic rings. The van der Waals surface area contributed by atoms with E-state index in [2.05, 4.69) is 10.3 Å². The highest BCUT2D eigenvalue weighted by Gasteiger charge is 2.28. The van der Waals surface area contributed by atoms with Gasteiger partial charge < -0.3 is 5.32 Å². The third-order valence-electron chi connectivity index (χ3n) is 2.95. The van der Waals surface area contributed by atoms with Crippen LogP contribution in [-0.2, 0) is 4.79 Å². The Morgan fingerprint density at radius 2 is 2.00 bits per heavy atom. The van der Waals surface area contributed by atoms with Gasteiger partial charge in [-0.25, -0.2) is 4.98 Å². The summed E-state index contributed by atoms with van der Waals surface area (Å²) in [6, 6.07) is 10.9. The molecule has 1 aromatic heterocycles. The molecule has 0 fully saturated rings. The van der Waals surface area contributed by atoms with Crippen LogP contribution in [0.2, 0.25) is 0 Å². The van der Waals surface area contributed by atoms with E-state index in [-0.39, 0.29) is 18.1 Å². The monoisotopic (exact) mass is 271 g/mol. The standard InChI is InChI=1S/C14H10FN3O2/c15-12-7-3-5-10(16-12)14(20)18-8-13(19)17-9-4-1-2-6-11(9)18/h1-7H,8H2,(H,17,19). The maximum absolute atomic E-state index is 13.1. The molecule has 20 heavy (non-hydrogen) atoms. The first-order valence-electron chi connectivity index (χ1n) is 5.98. The summed E-state index contributed by atoms with van der Waals surface area (Å²) in [6.45, 7) is -0.117. The van der Waals surface area contributed by atoms with Crippen LogP contribution in [0.3, 0.4) is 0 Å². The number of anilines is 2. The lowest BCUT2D eigenvalue weighted by atomic mass is 10.1. The zero-order valence-corrected chi connectivity index (χ0v) is 10.3. The Hall–Kier alpha value is -2.76. The number of amides is 2. The Bertz CT molecular complexity index is 702. The van der Waals surface area contributed by atoms with Crippen LogP contribution >= 0.6 is 0 Å². The molecule has 0 radical (unpaired) electrons. The van der Waals surface area contributed by atoms with Crippen LogP contribution in [0, 0.1) is 5.95 Å². The molecule has 0 bridgehead atoms. The number of hydrogen-bond acceptors (Lipinski definition) is 3. The Morgan fingerprint density at radius 1 is 1.20 bits per heavy atom. The second kappa shape index (κ2) is 4.73. The molecule has 0 saturated heterocycles. The van der Waals surface area contributed by atoms with Crippen molar-refractivity contribution < 1.29 is 14.0 Å². The van der Waals surface area contributed by atoms with E-state index < -0.39 is 11.9 Å². The average Bonchev–Trinajstić information content (AvgIpc) is 2.45. The molecule has 3 rings (SSSR count). The van der Waals surface area contributed by atoms with E-state index in [4.69, 9.17) is 0 Å². The Kier molecular flexibility index (Phi) is 2.90. The van der Waals surface area contributed by atoms with Gasteiger partial charge in [-0.3, -0.25) is 14.5 Å². The molecule has 1 N–H and O–H groups in total. The highest BCUT2D eigenvalue weighted by Crippen LogP contribution is 2.29. The van der Waals surface area contributed by atoms with Crippen molar-refractivity contribution in [2.24, 2.45) is 0 Å². The Balaban J connectivity index is 2.02. The van der Waals surface area contributed by atoms with Crippen molar-refractivity contribution in [2.45, 2.75) is 0 Å². The van der Waals surface area contributed by atoms with Crippen LogP contribution in [0.5, 0.6) is 0 Å². The lowest BCUT2D eigenvalue weighted by molar-refractivity contribution is -0.115. The second-order valence-corrected chi connectivity index (χ2v) is 4.30. The molecule has 0 spiro atoms. The molecular weight excluding hydrogens is 261 g/mol. The fourth-order valence-electron chi connectivity index (χ4n) is 2.08. The smallest absolute Gasteiger partial charge is 0.277 e. The maximum Gasteiger partial charge on any atom is 0.277 e. The zero-order valence-electron chi connectivity index (χ0n) is 10.3. The number of rotatable bonds is 1. The minimum atomic E-state index is -0.731. The van der Waals surface area contributed by atoms with Gasteiger partial charge in [-0.1, -0.05) is 18.2 Å². The third-order valence-corrected chi connectivity index (χ3v) is 2.95. The summed E-state index contributed by atoms with van der Waals surface area (Å²) < 4.78 is 13.1. The lowest BCUT2D eigenvalue weighted by Gasteiger charge is -2.28. The maximum atomic E-state index is 13.1. The number of carbonyl (C=O) groups excluding carboxylic acids is 2. The number of aromatic nitrogens is 1. The van der Waals surface area contributed by atoms with E-state index in [1.54, 1.807) is 24.3 Å². The second-order valence-electron chi connectivity index (χ2n) is 4.30. The molecule has 6 heteroatoms. The molecular formula is C14H10FN3O2. The van der Waals surface area contributed by atoms with Crippen LogP contribution < -0.4 is 10.2 Å². The predicted molar refractivity (Wildman–Crippen MR) is 70.9 cm³/mol. The summed E-state index contributed by atoms with van der Waals surface area (Å²) in [4.78, 5) is 28.9. The van der Waals surface area contributed by atoms with Crippen molar-refractivity contribution in [2.75, 3.05) is 16.8 Å². The van der Waals surface area contributed by atoms with E-state index >= 15 is 0 Å². The number of pyridine rings is 1. The van der Waals surface area contributed by atoms with E-state index in [0.717, 1.165) is 6.07 Å². The predicted octanol–water partition coefficient (Wildman–Crippen LogP) is 1.82. The molecule has 5 nitrogen and oxygen atoms in total. The first-order chi connectivity index (χ1) is 9.65. The van der Waals surface area contributed by atoms with Crippen LogP contribution in [0.25, 0.3) is 0 Å². The van der Waals surface area contributed by atoms with Crippen LogP contribution in [0.4, 0.5) is 15.8 Å². The highest BCUT2D eigenvalue weighted by atomic mass is 19.1. The Labute approximate surface area is 114 Å². The van der Waals surface area contributed by atoms with E-state index in [1.165, 1.54) is 17.0 Å². The molecule has 100 valence electrons. The summed E-state index contributed by atoms with van der Waals surface area (Å²) in [7, 11) is 0. The van der Waals surface area contributed by atoms with Gasteiger partial charge in [0.25, 0.3) is 5.91 Å². The average molecular weight is 271 g/mol. The molecule has 2 amide bonds. The van der Waals surface area contributed by atoms with Crippen LogP contribution in [0.1, 0.15) is 10.5 Å². The van der Waals surface area contributed by atoms with Crippen LogP contribution in [0.15, 0.2) is 42.5 Å². The highest BCUT2D eigenvalue weighted by molar-refractivity contribution is 6.14. The van der Waals surface area contributed by atoms with Crippen molar-refractivity contribution in [3.05, 3.63) is 54.1 Å². The topological polar surface area (TPSA) is 62.3 Å². The largest absolute Gasteiger partial charge is 0.323 e. The van der Waals surface area contributed by atoms with Crippen LogP contribution in [-0.4, -0.2) is 23.3 Å². The van der Waals surface area contributed by atoms with E-state index in [9.17, 15) is 14.0 Å². The summed E-state index contributed by atoms with van der Waals surface area (Å²) >= 11 is 0. The summed E-state index contributed by atoms with van der Waals surface area (Å²) in [5.41, 5.74) is 1.09. The molecule has 2 heterocycles. The van der Waals surface area contributed by atoms with Gasteiger partial charge in [-0.05, 0) is 24.3 Å². The number of hydrogen-bond donors (Lipinski definition) is 1. The third kappa shape index (κ3) is 2.11. The van der Waals surface area contributed by atoms with Gasteiger partial charge in [0.2, 0.25) is 11.9 Å². The quantitative estimate of drug-likeness (QED) is 0.805. The van der Waals surface area contributed by atoms with Crippen molar-refractivity contribution in [1.29, 1.82) is 0 Å². The number of benzene rings is 1. The first-order valence-corrected chi connectivity index (χ1v) is 5.98. The van der Waals surface area contributed by atoms with Crippen molar-refractivity contribution in [1.82, 2.24) is 4.98 Å². The zero-order chi connectivity index (χ0) is 14.1. The van der Waals surface area contributed by atoms with Gasteiger partial charge in [0.05, 0.1) is 11.4 Å². The fourth-order valence-corrected chi connectivity index (χ4v) is 2.08. The Morgan fingerprint density at radius 3 is 2.80 bits per heavy atom. The van der Waals surface area contributed by atoms with Crippen molar-refractivity contribution >= 4 is 23.2 Å². The first kappa shape index (κ1) is 12.3. The van der Waals surface area contributed by atoms with Gasteiger partial charge in [-0.2, -0.15) is 4.39 Å². The normalized spacial score (nSPS) is 13.7. The molecule has 1 aliphatic rings. The lowest BCUT2D eigenvalue weighted by Crippen LogP contribution is -2.42.